The number of nitrogens with one attached hydrogen (secondary N) is 2. The first-order chi connectivity index (χ1) is 6.63. The minimum absolute atomic E-state index is 0.261. The second-order valence-corrected chi connectivity index (χ2v) is 3.11. The Morgan fingerprint density at radius 1 is 1.36 bits per heavy atom. The van der Waals surface area contributed by atoms with E-state index in [0.717, 1.165) is 5.69 Å². The van der Waals surface area contributed by atoms with E-state index >= 15 is 0 Å². The second kappa shape index (κ2) is 4.88. The molecule has 0 aliphatic carbocycles. The highest BCUT2D eigenvalue weighted by Crippen LogP contribution is 2.08. The SMILES string of the molecule is CNN(C)C(=S)Nc1ccc(F)cc1. The van der Waals surface area contributed by atoms with Crippen molar-refractivity contribution in [1.29, 1.82) is 0 Å². The molecule has 0 heterocycles. The molecular formula is C9H12FN3S. The summed E-state index contributed by atoms with van der Waals surface area (Å²) in [5.74, 6) is -0.261. The molecule has 0 spiro atoms. The molecule has 1 aromatic carbocycles. The quantitative estimate of drug-likeness (QED) is 0.576. The molecule has 0 fully saturated rings. The number of rotatable bonds is 2. The predicted molar refractivity (Wildman–Crippen MR) is 59.4 cm³/mol. The van der Waals surface area contributed by atoms with Gasteiger partial charge in [0.1, 0.15) is 5.82 Å². The molecule has 0 atom stereocenters. The Bertz CT molecular complexity index is 312. The van der Waals surface area contributed by atoms with Crippen LogP contribution in [0.25, 0.3) is 0 Å². The third kappa shape index (κ3) is 2.93. The zero-order chi connectivity index (χ0) is 10.6. The van der Waals surface area contributed by atoms with Crippen LogP contribution in [0.1, 0.15) is 0 Å². The number of halogens is 1. The van der Waals surface area contributed by atoms with Crippen LogP contribution in [0, 0.1) is 5.82 Å². The highest BCUT2D eigenvalue weighted by atomic mass is 32.1. The van der Waals surface area contributed by atoms with Gasteiger partial charge in [-0.3, -0.25) is 5.01 Å². The largest absolute Gasteiger partial charge is 0.332 e. The highest BCUT2D eigenvalue weighted by molar-refractivity contribution is 7.80. The van der Waals surface area contributed by atoms with E-state index in [2.05, 4.69) is 10.7 Å². The van der Waals surface area contributed by atoms with Gasteiger partial charge >= 0.3 is 0 Å². The van der Waals surface area contributed by atoms with Gasteiger partial charge in [0.05, 0.1) is 0 Å². The van der Waals surface area contributed by atoms with Gasteiger partial charge in [-0.2, -0.15) is 0 Å². The summed E-state index contributed by atoms with van der Waals surface area (Å²) in [7, 11) is 3.55. The summed E-state index contributed by atoms with van der Waals surface area (Å²) < 4.78 is 12.6. The summed E-state index contributed by atoms with van der Waals surface area (Å²) in [5, 5.41) is 5.13. The summed E-state index contributed by atoms with van der Waals surface area (Å²) in [6.07, 6.45) is 0. The maximum atomic E-state index is 12.6. The molecule has 1 rings (SSSR count). The zero-order valence-electron chi connectivity index (χ0n) is 8.04. The predicted octanol–water partition coefficient (Wildman–Crippen LogP) is 1.59. The lowest BCUT2D eigenvalue weighted by Gasteiger charge is -2.19. The molecule has 0 aliphatic heterocycles. The molecule has 0 aromatic heterocycles. The van der Waals surface area contributed by atoms with Crippen LogP contribution >= 0.6 is 12.2 Å². The van der Waals surface area contributed by atoms with E-state index < -0.39 is 0 Å². The van der Waals surface area contributed by atoms with Gasteiger partial charge < -0.3 is 5.32 Å². The first-order valence-electron chi connectivity index (χ1n) is 4.11. The van der Waals surface area contributed by atoms with Crippen molar-refractivity contribution < 1.29 is 4.39 Å². The van der Waals surface area contributed by atoms with Crippen molar-refractivity contribution in [2.45, 2.75) is 0 Å². The average Bonchev–Trinajstić information content (AvgIpc) is 2.20. The van der Waals surface area contributed by atoms with Crippen LogP contribution in [-0.2, 0) is 0 Å². The Balaban J connectivity index is 2.60. The Morgan fingerprint density at radius 3 is 2.43 bits per heavy atom. The molecule has 0 saturated carbocycles. The van der Waals surface area contributed by atoms with Gasteiger partial charge in [0.2, 0.25) is 0 Å². The lowest BCUT2D eigenvalue weighted by molar-refractivity contribution is 0.416. The van der Waals surface area contributed by atoms with E-state index in [9.17, 15) is 4.39 Å². The summed E-state index contributed by atoms with van der Waals surface area (Å²) in [4.78, 5) is 0. The van der Waals surface area contributed by atoms with Crippen LogP contribution in [0.4, 0.5) is 10.1 Å². The lowest BCUT2D eigenvalue weighted by atomic mass is 10.3. The molecule has 0 saturated heterocycles. The van der Waals surface area contributed by atoms with E-state index in [0.29, 0.717) is 5.11 Å². The van der Waals surface area contributed by atoms with Crippen molar-refractivity contribution in [2.24, 2.45) is 0 Å². The molecule has 0 bridgehead atoms. The van der Waals surface area contributed by atoms with E-state index in [4.69, 9.17) is 12.2 Å². The number of thiocarbonyl (C=S) groups is 1. The van der Waals surface area contributed by atoms with Crippen molar-refractivity contribution in [3.63, 3.8) is 0 Å². The van der Waals surface area contributed by atoms with Crippen LogP contribution in [-0.4, -0.2) is 24.2 Å². The van der Waals surface area contributed by atoms with E-state index in [1.165, 1.54) is 12.1 Å². The van der Waals surface area contributed by atoms with Crippen LogP contribution < -0.4 is 10.7 Å². The van der Waals surface area contributed by atoms with Crippen LogP contribution in [0.3, 0.4) is 0 Å². The molecular weight excluding hydrogens is 201 g/mol. The van der Waals surface area contributed by atoms with Crippen LogP contribution in [0.5, 0.6) is 0 Å². The van der Waals surface area contributed by atoms with Crippen LogP contribution in [0.15, 0.2) is 24.3 Å². The number of nitrogens with zero attached hydrogens (tertiary/aromatic N) is 1. The number of hydrazine groups is 1. The first kappa shape index (κ1) is 10.9. The van der Waals surface area contributed by atoms with Crippen molar-refractivity contribution in [3.8, 4) is 0 Å². The summed E-state index contributed by atoms with van der Waals surface area (Å²) >= 11 is 5.05. The standard InChI is InChI=1S/C9H12FN3S/c1-11-13(2)9(14)12-8-5-3-7(10)4-6-8/h3-6,11H,1-2H3,(H,12,14). The molecule has 2 N–H and O–H groups in total. The molecule has 0 radical (unpaired) electrons. The minimum Gasteiger partial charge on any atom is -0.332 e. The smallest absolute Gasteiger partial charge is 0.187 e. The number of anilines is 1. The van der Waals surface area contributed by atoms with Crippen molar-refractivity contribution in [1.82, 2.24) is 10.4 Å². The van der Waals surface area contributed by atoms with E-state index in [1.807, 2.05) is 0 Å². The fraction of sp³-hybridized carbons (Fsp3) is 0.222. The molecule has 3 nitrogen and oxygen atoms in total. The fourth-order valence-corrected chi connectivity index (χ4v) is 1.05. The maximum Gasteiger partial charge on any atom is 0.187 e. The molecule has 76 valence electrons. The van der Waals surface area contributed by atoms with Gasteiger partial charge in [-0.05, 0) is 36.5 Å². The van der Waals surface area contributed by atoms with E-state index in [1.54, 1.807) is 31.2 Å². The lowest BCUT2D eigenvalue weighted by Crippen LogP contribution is -2.39. The summed E-state index contributed by atoms with van der Waals surface area (Å²) in [6.45, 7) is 0. The maximum absolute atomic E-state index is 12.6. The van der Waals surface area contributed by atoms with E-state index in [-0.39, 0.29) is 5.82 Å². The normalized spacial score (nSPS) is 9.64. The number of hydrogen-bond donors (Lipinski definition) is 2. The summed E-state index contributed by atoms with van der Waals surface area (Å²) in [5.41, 5.74) is 3.61. The third-order valence-corrected chi connectivity index (χ3v) is 2.11. The topological polar surface area (TPSA) is 27.3 Å². The molecule has 0 unspecified atom stereocenters. The number of benzene rings is 1. The van der Waals surface area contributed by atoms with Gasteiger partial charge in [0.25, 0.3) is 0 Å². The second-order valence-electron chi connectivity index (χ2n) is 2.72. The molecule has 5 heteroatoms. The van der Waals surface area contributed by atoms with Gasteiger partial charge in [-0.15, -0.1) is 0 Å². The Kier molecular flexibility index (Phi) is 3.79. The minimum atomic E-state index is -0.261. The number of hydrogen-bond acceptors (Lipinski definition) is 2. The molecule has 1 aromatic rings. The van der Waals surface area contributed by atoms with Gasteiger partial charge in [0.15, 0.2) is 5.11 Å². The summed E-state index contributed by atoms with van der Waals surface area (Å²) in [6, 6.07) is 6.02. The van der Waals surface area contributed by atoms with Gasteiger partial charge in [0, 0.05) is 19.8 Å². The molecule has 14 heavy (non-hydrogen) atoms. The third-order valence-electron chi connectivity index (χ3n) is 1.74. The Hall–Kier alpha value is -1.20. The Labute approximate surface area is 87.9 Å². The fourth-order valence-electron chi connectivity index (χ4n) is 0.842. The molecule has 0 amide bonds. The average molecular weight is 213 g/mol. The zero-order valence-corrected chi connectivity index (χ0v) is 8.86. The highest BCUT2D eigenvalue weighted by Gasteiger charge is 2.01. The van der Waals surface area contributed by atoms with Crippen molar-refractivity contribution in [2.75, 3.05) is 19.4 Å². The van der Waals surface area contributed by atoms with Gasteiger partial charge in [-0.1, -0.05) is 0 Å². The first-order valence-corrected chi connectivity index (χ1v) is 4.52. The Morgan fingerprint density at radius 2 is 1.93 bits per heavy atom. The van der Waals surface area contributed by atoms with Crippen molar-refractivity contribution in [3.05, 3.63) is 30.1 Å². The van der Waals surface area contributed by atoms with Crippen molar-refractivity contribution >= 4 is 23.0 Å². The molecule has 0 aliphatic rings. The van der Waals surface area contributed by atoms with Crippen LogP contribution in [0.2, 0.25) is 0 Å². The van der Waals surface area contributed by atoms with Gasteiger partial charge in [-0.25, -0.2) is 9.82 Å². The monoisotopic (exact) mass is 213 g/mol.